The number of imidazole rings is 1. The van der Waals surface area contributed by atoms with E-state index in [2.05, 4.69) is 19.9 Å². The van der Waals surface area contributed by atoms with E-state index >= 15 is 0 Å². The van der Waals surface area contributed by atoms with Crippen molar-refractivity contribution in [3.05, 3.63) is 71.8 Å². The molecule has 0 bridgehead atoms. The fourth-order valence-corrected chi connectivity index (χ4v) is 4.26. The Morgan fingerprint density at radius 3 is 2.48 bits per heavy atom. The van der Waals surface area contributed by atoms with E-state index in [4.69, 9.17) is 9.84 Å². The molecule has 0 radical (unpaired) electrons. The van der Waals surface area contributed by atoms with E-state index in [1.54, 1.807) is 35.0 Å². The molecule has 3 aromatic rings. The molecular formula is C23H25N5O4S. The Labute approximate surface area is 195 Å². The third kappa shape index (κ3) is 6.56. The van der Waals surface area contributed by atoms with Crippen LogP contribution in [0.1, 0.15) is 21.6 Å². The minimum absolute atomic E-state index is 0.173. The van der Waals surface area contributed by atoms with Crippen molar-refractivity contribution in [2.45, 2.75) is 18.1 Å². The molecule has 3 heterocycles. The number of benzene rings is 1. The highest BCUT2D eigenvalue weighted by atomic mass is 32.2. The molecule has 1 aliphatic heterocycles. The third-order valence-electron chi connectivity index (χ3n) is 5.32. The first kappa shape index (κ1) is 22.8. The van der Waals surface area contributed by atoms with Crippen molar-refractivity contribution in [3.63, 3.8) is 0 Å². The van der Waals surface area contributed by atoms with E-state index < -0.39 is 5.97 Å². The molecule has 1 aliphatic rings. The molecule has 10 heteroatoms. The highest BCUT2D eigenvalue weighted by molar-refractivity contribution is 7.99. The average Bonchev–Trinajstić information content (AvgIpc) is 3.35. The summed E-state index contributed by atoms with van der Waals surface area (Å²) >= 11 is 1.67. The zero-order valence-corrected chi connectivity index (χ0v) is 18.8. The van der Waals surface area contributed by atoms with Gasteiger partial charge in [0.15, 0.2) is 5.16 Å². The minimum atomic E-state index is -0.986. The second kappa shape index (κ2) is 11.0. The summed E-state index contributed by atoms with van der Waals surface area (Å²) in [5, 5.41) is 9.87. The Kier molecular flexibility index (Phi) is 7.59. The summed E-state index contributed by atoms with van der Waals surface area (Å²) in [7, 11) is 0. The van der Waals surface area contributed by atoms with Gasteiger partial charge in [-0.25, -0.2) is 14.6 Å². The van der Waals surface area contributed by atoms with Crippen molar-refractivity contribution in [2.24, 2.45) is 0 Å². The lowest BCUT2D eigenvalue weighted by atomic mass is 10.2. The number of ether oxygens (including phenoxy) is 1. The summed E-state index contributed by atoms with van der Waals surface area (Å²) in [4.78, 5) is 38.8. The lowest BCUT2D eigenvalue weighted by molar-refractivity contribution is 0.0696. The van der Waals surface area contributed by atoms with Gasteiger partial charge in [-0.05, 0) is 36.2 Å². The number of carbonyl (C=O) groups excluding carboxylic acids is 1. The van der Waals surface area contributed by atoms with Crippen molar-refractivity contribution >= 4 is 23.8 Å². The van der Waals surface area contributed by atoms with Gasteiger partial charge in [0.2, 0.25) is 0 Å². The van der Waals surface area contributed by atoms with Gasteiger partial charge in [-0.1, -0.05) is 23.9 Å². The summed E-state index contributed by atoms with van der Waals surface area (Å²) in [5.41, 5.74) is 2.15. The van der Waals surface area contributed by atoms with Crippen LogP contribution in [0.2, 0.25) is 0 Å². The lowest BCUT2D eigenvalue weighted by Gasteiger charge is -2.33. The Hall–Kier alpha value is -3.37. The molecular weight excluding hydrogens is 442 g/mol. The standard InChI is InChI=1S/C23H25N5O4S/c29-21(30)18-3-4-19(26-15-18)16-27-10-12-28(13-11-27)23(31)32-20-5-1-17(2-6-20)7-14-33-22-24-8-9-25-22/h1-6,8-9,15H,7,10-14,16H2,(H,24,25)(H,29,30). The van der Waals surface area contributed by atoms with Crippen LogP contribution in [0, 0.1) is 0 Å². The quantitative estimate of drug-likeness (QED) is 0.486. The first-order chi connectivity index (χ1) is 16.1. The smallest absolute Gasteiger partial charge is 0.415 e. The van der Waals surface area contributed by atoms with E-state index in [9.17, 15) is 9.59 Å². The number of piperazine rings is 1. The summed E-state index contributed by atoms with van der Waals surface area (Å²) < 4.78 is 5.54. The molecule has 1 aromatic carbocycles. The number of carbonyl (C=O) groups is 2. The number of carboxylic acids is 1. The van der Waals surface area contributed by atoms with Crippen molar-refractivity contribution < 1.29 is 19.4 Å². The molecule has 0 saturated carbocycles. The van der Waals surface area contributed by atoms with Crippen molar-refractivity contribution in [1.29, 1.82) is 0 Å². The molecule has 172 valence electrons. The number of carboxylic acid groups (broad SMARTS) is 1. The molecule has 0 unspecified atom stereocenters. The van der Waals surface area contributed by atoms with Gasteiger partial charge in [-0.2, -0.15) is 0 Å². The number of amides is 1. The molecule has 0 spiro atoms. The largest absolute Gasteiger partial charge is 0.478 e. The maximum absolute atomic E-state index is 12.5. The van der Waals surface area contributed by atoms with Crippen molar-refractivity contribution in [1.82, 2.24) is 24.8 Å². The zero-order valence-electron chi connectivity index (χ0n) is 18.0. The highest BCUT2D eigenvalue weighted by Gasteiger charge is 2.23. The topological polar surface area (TPSA) is 112 Å². The van der Waals surface area contributed by atoms with Crippen LogP contribution in [0.3, 0.4) is 0 Å². The van der Waals surface area contributed by atoms with Crippen molar-refractivity contribution in [3.8, 4) is 5.75 Å². The first-order valence-corrected chi connectivity index (χ1v) is 11.6. The van der Waals surface area contributed by atoms with E-state index in [-0.39, 0.29) is 11.7 Å². The number of hydrogen-bond donors (Lipinski definition) is 2. The summed E-state index contributed by atoms with van der Waals surface area (Å²) in [5.74, 6) is 0.461. The van der Waals surface area contributed by atoms with Gasteiger partial charge in [0.25, 0.3) is 0 Å². The summed E-state index contributed by atoms with van der Waals surface area (Å²) in [6.07, 6.45) is 5.47. The maximum atomic E-state index is 12.5. The monoisotopic (exact) mass is 467 g/mol. The normalized spacial score (nSPS) is 14.2. The Morgan fingerprint density at radius 1 is 1.06 bits per heavy atom. The second-order valence-corrected chi connectivity index (χ2v) is 8.69. The average molecular weight is 468 g/mol. The minimum Gasteiger partial charge on any atom is -0.478 e. The van der Waals surface area contributed by atoms with Gasteiger partial charge in [0.05, 0.1) is 11.3 Å². The summed E-state index contributed by atoms with van der Waals surface area (Å²) in [6.45, 7) is 3.14. The van der Waals surface area contributed by atoms with E-state index in [0.29, 0.717) is 38.5 Å². The summed E-state index contributed by atoms with van der Waals surface area (Å²) in [6, 6.07) is 10.9. The molecule has 1 saturated heterocycles. The Balaban J connectivity index is 1.19. The number of pyridine rings is 1. The molecule has 4 rings (SSSR count). The Morgan fingerprint density at radius 2 is 1.85 bits per heavy atom. The number of hydrogen-bond acceptors (Lipinski definition) is 7. The van der Waals surface area contributed by atoms with Crippen LogP contribution in [0.15, 0.2) is 60.1 Å². The Bertz CT molecular complexity index is 1050. The number of aryl methyl sites for hydroxylation is 1. The van der Waals surface area contributed by atoms with E-state index in [0.717, 1.165) is 23.0 Å². The molecule has 2 N–H and O–H groups in total. The van der Waals surface area contributed by atoms with Crippen molar-refractivity contribution in [2.75, 3.05) is 31.9 Å². The van der Waals surface area contributed by atoms with E-state index in [1.165, 1.54) is 11.8 Å². The zero-order chi connectivity index (χ0) is 23.0. The predicted molar refractivity (Wildman–Crippen MR) is 124 cm³/mol. The van der Waals surface area contributed by atoms with Gasteiger partial charge in [-0.15, -0.1) is 0 Å². The number of nitrogens with zero attached hydrogens (tertiary/aromatic N) is 4. The lowest BCUT2D eigenvalue weighted by Crippen LogP contribution is -2.49. The fraction of sp³-hybridized carbons (Fsp3) is 0.304. The van der Waals surface area contributed by atoms with Crippen LogP contribution in [0.4, 0.5) is 4.79 Å². The number of rotatable bonds is 8. The van der Waals surface area contributed by atoms with Gasteiger partial charge in [-0.3, -0.25) is 9.88 Å². The fourth-order valence-electron chi connectivity index (χ4n) is 3.45. The van der Waals surface area contributed by atoms with Crippen LogP contribution in [-0.4, -0.2) is 73.9 Å². The molecule has 33 heavy (non-hydrogen) atoms. The van der Waals surface area contributed by atoms with Crippen LogP contribution in [-0.2, 0) is 13.0 Å². The number of H-pyrrole nitrogens is 1. The maximum Gasteiger partial charge on any atom is 0.415 e. The SMILES string of the molecule is O=C(O)c1ccc(CN2CCN(C(=O)Oc3ccc(CCSc4ncc[nH]4)cc3)CC2)nc1. The van der Waals surface area contributed by atoms with Gasteiger partial charge in [0, 0.05) is 57.1 Å². The number of aromatic carboxylic acids is 1. The van der Waals surface area contributed by atoms with Gasteiger partial charge in [0.1, 0.15) is 5.75 Å². The molecule has 2 aromatic heterocycles. The molecule has 1 amide bonds. The highest BCUT2D eigenvalue weighted by Crippen LogP contribution is 2.18. The predicted octanol–water partition coefficient (Wildman–Crippen LogP) is 3.15. The first-order valence-electron chi connectivity index (χ1n) is 10.7. The third-order valence-corrected chi connectivity index (χ3v) is 6.22. The molecule has 9 nitrogen and oxygen atoms in total. The van der Waals surface area contributed by atoms with Gasteiger partial charge < -0.3 is 19.7 Å². The van der Waals surface area contributed by atoms with Crippen LogP contribution >= 0.6 is 11.8 Å². The van der Waals surface area contributed by atoms with Crippen LogP contribution in [0.25, 0.3) is 0 Å². The van der Waals surface area contributed by atoms with Crippen LogP contribution < -0.4 is 4.74 Å². The molecule has 0 atom stereocenters. The molecule has 0 aliphatic carbocycles. The number of aromatic amines is 1. The number of thioether (sulfide) groups is 1. The van der Waals surface area contributed by atoms with Crippen LogP contribution in [0.5, 0.6) is 5.75 Å². The van der Waals surface area contributed by atoms with E-state index in [1.807, 2.05) is 30.5 Å². The number of aromatic nitrogens is 3. The molecule has 1 fully saturated rings. The number of nitrogens with one attached hydrogen (secondary N) is 1. The van der Waals surface area contributed by atoms with Gasteiger partial charge >= 0.3 is 12.1 Å². The second-order valence-electron chi connectivity index (χ2n) is 7.61.